The number of carbonyl (C=O) groups is 1. The van der Waals surface area contributed by atoms with E-state index in [-0.39, 0.29) is 18.3 Å². The van der Waals surface area contributed by atoms with Crippen LogP contribution < -0.4 is 4.74 Å². The van der Waals surface area contributed by atoms with Gasteiger partial charge in [-0.05, 0) is 18.6 Å². The first-order valence-corrected chi connectivity index (χ1v) is 11.4. The Kier molecular flexibility index (Phi) is 16.9. The first kappa shape index (κ1) is 27.8. The van der Waals surface area contributed by atoms with E-state index in [1.807, 2.05) is 0 Å². The van der Waals surface area contributed by atoms with Crippen molar-refractivity contribution in [3.63, 3.8) is 0 Å². The standard InChI is InChI=1S/C23H37NO8/c1-2-3-4-5-6-7-8-23(25)32-20-18-30-16-14-28-13-15-29-17-19-31-22-11-9-21(10-12-22)24(26)27/h9-12H,2-8,13-20H2,1H3. The molecule has 32 heavy (non-hydrogen) atoms. The van der Waals surface area contributed by atoms with E-state index in [0.29, 0.717) is 58.4 Å². The van der Waals surface area contributed by atoms with Gasteiger partial charge in [-0.15, -0.1) is 0 Å². The Morgan fingerprint density at radius 3 is 1.91 bits per heavy atom. The van der Waals surface area contributed by atoms with E-state index in [9.17, 15) is 14.9 Å². The number of hydrogen-bond donors (Lipinski definition) is 0. The second-order valence-corrected chi connectivity index (χ2v) is 7.17. The molecule has 0 amide bonds. The molecule has 0 spiro atoms. The van der Waals surface area contributed by atoms with Gasteiger partial charge in [0.2, 0.25) is 0 Å². The van der Waals surface area contributed by atoms with E-state index >= 15 is 0 Å². The van der Waals surface area contributed by atoms with Crippen LogP contribution in [0.2, 0.25) is 0 Å². The number of nitro groups is 1. The number of rotatable bonds is 21. The topological polar surface area (TPSA) is 106 Å². The molecule has 0 bridgehead atoms. The van der Waals surface area contributed by atoms with Crippen LogP contribution >= 0.6 is 0 Å². The smallest absolute Gasteiger partial charge is 0.305 e. The number of ether oxygens (including phenoxy) is 5. The summed E-state index contributed by atoms with van der Waals surface area (Å²) >= 11 is 0. The minimum Gasteiger partial charge on any atom is -0.491 e. The Bertz CT molecular complexity index is 609. The van der Waals surface area contributed by atoms with Crippen LogP contribution in [0.25, 0.3) is 0 Å². The summed E-state index contributed by atoms with van der Waals surface area (Å²) in [6.07, 6.45) is 7.37. The number of non-ortho nitro benzene ring substituents is 1. The second kappa shape index (κ2) is 19.5. The molecule has 0 unspecified atom stereocenters. The van der Waals surface area contributed by atoms with Crippen molar-refractivity contribution in [3.05, 3.63) is 34.4 Å². The van der Waals surface area contributed by atoms with Crippen molar-refractivity contribution in [2.45, 2.75) is 51.9 Å². The van der Waals surface area contributed by atoms with Crippen molar-refractivity contribution in [3.8, 4) is 5.75 Å². The quantitative estimate of drug-likeness (QED) is 0.117. The molecule has 9 heteroatoms. The zero-order valence-corrected chi connectivity index (χ0v) is 19.1. The molecule has 0 fully saturated rings. The lowest BCUT2D eigenvalue weighted by Crippen LogP contribution is -2.14. The molecule has 0 aliphatic heterocycles. The molecule has 1 rings (SSSR count). The molecular weight excluding hydrogens is 418 g/mol. The number of hydrogen-bond acceptors (Lipinski definition) is 8. The van der Waals surface area contributed by atoms with E-state index in [0.717, 1.165) is 12.8 Å². The van der Waals surface area contributed by atoms with Gasteiger partial charge in [-0.1, -0.05) is 39.0 Å². The maximum Gasteiger partial charge on any atom is 0.305 e. The van der Waals surface area contributed by atoms with E-state index in [4.69, 9.17) is 23.7 Å². The zero-order chi connectivity index (χ0) is 23.3. The van der Waals surface area contributed by atoms with Gasteiger partial charge in [0, 0.05) is 18.6 Å². The number of benzene rings is 1. The Hall–Kier alpha value is -2.23. The minimum absolute atomic E-state index is 0.0271. The van der Waals surface area contributed by atoms with E-state index < -0.39 is 4.92 Å². The summed E-state index contributed by atoms with van der Waals surface area (Å²) in [7, 11) is 0. The second-order valence-electron chi connectivity index (χ2n) is 7.17. The molecular formula is C23H37NO8. The van der Waals surface area contributed by atoms with Crippen LogP contribution in [0.1, 0.15) is 51.9 Å². The van der Waals surface area contributed by atoms with Crippen LogP contribution in [-0.2, 0) is 23.7 Å². The largest absolute Gasteiger partial charge is 0.491 e. The molecule has 0 heterocycles. The zero-order valence-electron chi connectivity index (χ0n) is 19.1. The van der Waals surface area contributed by atoms with Crippen LogP contribution in [-0.4, -0.2) is 63.7 Å². The van der Waals surface area contributed by atoms with Crippen LogP contribution in [0.3, 0.4) is 0 Å². The Balaban J connectivity index is 1.80. The third-order valence-corrected chi connectivity index (χ3v) is 4.51. The SMILES string of the molecule is CCCCCCCCC(=O)OCCOCCOCCOCCOc1ccc([N+](=O)[O-])cc1. The molecule has 0 aromatic heterocycles. The fourth-order valence-electron chi connectivity index (χ4n) is 2.76. The van der Waals surface area contributed by atoms with Gasteiger partial charge in [-0.25, -0.2) is 0 Å². The van der Waals surface area contributed by atoms with E-state index in [2.05, 4.69) is 6.92 Å². The molecule has 0 aliphatic rings. The molecule has 1 aromatic rings. The van der Waals surface area contributed by atoms with Crippen molar-refractivity contribution in [2.24, 2.45) is 0 Å². The third kappa shape index (κ3) is 15.6. The van der Waals surface area contributed by atoms with E-state index in [1.54, 1.807) is 12.1 Å². The summed E-state index contributed by atoms with van der Waals surface area (Å²) in [6.45, 7) is 5.29. The number of nitro benzene ring substituents is 1. The van der Waals surface area contributed by atoms with Crippen molar-refractivity contribution >= 4 is 11.7 Å². The predicted octanol–water partition coefficient (Wildman–Crippen LogP) is 4.32. The summed E-state index contributed by atoms with van der Waals surface area (Å²) in [5.74, 6) is 0.399. The third-order valence-electron chi connectivity index (χ3n) is 4.51. The molecule has 0 radical (unpaired) electrons. The van der Waals surface area contributed by atoms with Crippen molar-refractivity contribution < 1.29 is 33.4 Å². The van der Waals surface area contributed by atoms with Gasteiger partial charge in [0.1, 0.15) is 19.0 Å². The maximum absolute atomic E-state index is 11.6. The maximum atomic E-state index is 11.6. The Morgan fingerprint density at radius 1 is 0.781 bits per heavy atom. The molecule has 0 saturated carbocycles. The monoisotopic (exact) mass is 455 g/mol. The fourth-order valence-corrected chi connectivity index (χ4v) is 2.76. The van der Waals surface area contributed by atoms with Gasteiger partial charge in [0.15, 0.2) is 0 Å². The first-order chi connectivity index (χ1) is 15.6. The van der Waals surface area contributed by atoms with Crippen molar-refractivity contribution in [2.75, 3.05) is 52.9 Å². The van der Waals surface area contributed by atoms with E-state index in [1.165, 1.54) is 37.8 Å². The highest BCUT2D eigenvalue weighted by atomic mass is 16.6. The molecule has 182 valence electrons. The van der Waals surface area contributed by atoms with Gasteiger partial charge < -0.3 is 23.7 Å². The summed E-state index contributed by atoms with van der Waals surface area (Å²) in [4.78, 5) is 21.7. The van der Waals surface area contributed by atoms with Gasteiger partial charge in [0.25, 0.3) is 5.69 Å². The van der Waals surface area contributed by atoms with Gasteiger partial charge in [-0.3, -0.25) is 14.9 Å². The van der Waals surface area contributed by atoms with Gasteiger partial charge in [0.05, 0.1) is 44.6 Å². The average Bonchev–Trinajstić information content (AvgIpc) is 2.79. The first-order valence-electron chi connectivity index (χ1n) is 11.4. The number of unbranched alkanes of at least 4 members (excludes halogenated alkanes) is 5. The summed E-state index contributed by atoms with van der Waals surface area (Å²) in [5, 5.41) is 10.6. The summed E-state index contributed by atoms with van der Waals surface area (Å²) in [5.41, 5.74) is 0.0271. The number of esters is 1. The van der Waals surface area contributed by atoms with Gasteiger partial charge >= 0.3 is 5.97 Å². The van der Waals surface area contributed by atoms with Crippen molar-refractivity contribution in [1.82, 2.24) is 0 Å². The number of nitrogens with zero attached hydrogens (tertiary/aromatic N) is 1. The molecule has 1 aromatic carbocycles. The highest BCUT2D eigenvalue weighted by Crippen LogP contribution is 2.17. The molecule has 0 aliphatic carbocycles. The predicted molar refractivity (Wildman–Crippen MR) is 120 cm³/mol. The lowest BCUT2D eigenvalue weighted by molar-refractivity contribution is -0.384. The highest BCUT2D eigenvalue weighted by Gasteiger charge is 2.04. The fraction of sp³-hybridized carbons (Fsp3) is 0.696. The van der Waals surface area contributed by atoms with Crippen LogP contribution in [0.15, 0.2) is 24.3 Å². The van der Waals surface area contributed by atoms with Crippen LogP contribution in [0.5, 0.6) is 5.75 Å². The highest BCUT2D eigenvalue weighted by molar-refractivity contribution is 5.69. The Morgan fingerprint density at radius 2 is 1.31 bits per heavy atom. The lowest BCUT2D eigenvalue weighted by Gasteiger charge is -2.08. The average molecular weight is 456 g/mol. The van der Waals surface area contributed by atoms with Crippen molar-refractivity contribution in [1.29, 1.82) is 0 Å². The summed E-state index contributed by atoms with van der Waals surface area (Å²) < 4.78 is 26.7. The lowest BCUT2D eigenvalue weighted by atomic mass is 10.1. The summed E-state index contributed by atoms with van der Waals surface area (Å²) in [6, 6.07) is 5.90. The molecule has 0 N–H and O–H groups in total. The molecule has 9 nitrogen and oxygen atoms in total. The normalized spacial score (nSPS) is 10.8. The Labute approximate surface area is 190 Å². The van der Waals surface area contributed by atoms with Crippen LogP contribution in [0.4, 0.5) is 5.69 Å². The van der Waals surface area contributed by atoms with Crippen LogP contribution in [0, 0.1) is 10.1 Å². The molecule has 0 atom stereocenters. The molecule has 0 saturated heterocycles. The number of carbonyl (C=O) groups excluding carboxylic acids is 1. The minimum atomic E-state index is -0.454. The van der Waals surface area contributed by atoms with Gasteiger partial charge in [-0.2, -0.15) is 0 Å².